The molecule has 0 aliphatic rings. The fraction of sp³-hybridized carbons (Fsp3) is 0. The summed E-state index contributed by atoms with van der Waals surface area (Å²) < 4.78 is 21.8. The van der Waals surface area contributed by atoms with Crippen molar-refractivity contribution in [1.29, 1.82) is 0 Å². The van der Waals surface area contributed by atoms with Crippen LogP contribution in [0.1, 0.15) is 0 Å². The van der Waals surface area contributed by atoms with Gasteiger partial charge in [0.05, 0.1) is 0 Å². The number of pyridine rings is 1. The number of carbonyl (C=O) groups is 1. The molecule has 0 unspecified atom stereocenters. The molecule has 1 rings (SSSR count). The molecule has 0 aromatic carbocycles. The maximum atomic E-state index is 10.2. The highest BCUT2D eigenvalue weighted by molar-refractivity contribution is 7.62. The molecule has 0 aliphatic heterocycles. The Bertz CT molecular complexity index is 406. The van der Waals surface area contributed by atoms with Crippen molar-refractivity contribution in [3.63, 3.8) is 0 Å². The summed E-state index contributed by atoms with van der Waals surface area (Å²) in [5.74, 6) is 0. The second kappa shape index (κ2) is 6.54. The van der Waals surface area contributed by atoms with Gasteiger partial charge in [-0.15, -0.1) is 0 Å². The Labute approximate surface area is 81.1 Å². The summed E-state index contributed by atoms with van der Waals surface area (Å²) >= 11 is 0. The summed E-state index contributed by atoms with van der Waals surface area (Å²) in [5, 5.41) is 10.2. The zero-order valence-electron chi connectivity index (χ0n) is 6.90. The van der Waals surface area contributed by atoms with Gasteiger partial charge in [-0.25, -0.2) is 4.79 Å². The van der Waals surface area contributed by atoms with Crippen LogP contribution in [0.2, 0.25) is 0 Å². The molecule has 0 saturated carbocycles. The Balaban J connectivity index is 0.000000241. The Hall–Kier alpha value is -1.96. The quantitative estimate of drug-likeness (QED) is 0.463. The summed E-state index contributed by atoms with van der Waals surface area (Å²) in [5.41, 5.74) is 4.29. The molecule has 0 atom stereocenters. The lowest BCUT2D eigenvalue weighted by atomic mass is 10.5. The van der Waals surface area contributed by atoms with E-state index in [4.69, 9.17) is 0 Å². The van der Waals surface area contributed by atoms with Gasteiger partial charge in [-0.1, -0.05) is 10.4 Å². The largest absolute Gasteiger partial charge is 0.619 e. The number of hydrogen-bond donors (Lipinski definition) is 1. The van der Waals surface area contributed by atoms with E-state index in [2.05, 4.69) is 10.1 Å². The van der Waals surface area contributed by atoms with Crippen LogP contribution in [0.15, 0.2) is 35.0 Å². The van der Waals surface area contributed by atoms with Gasteiger partial charge in [-0.2, -0.15) is 13.1 Å². The number of rotatable bonds is 0. The van der Waals surface area contributed by atoms with Crippen LogP contribution in [-0.2, 0) is 10.5 Å². The van der Waals surface area contributed by atoms with Crippen LogP contribution in [0.4, 0.5) is 4.79 Å². The van der Waals surface area contributed by atoms with Crippen LogP contribution in [-0.4, -0.2) is 14.4 Å². The van der Waals surface area contributed by atoms with Gasteiger partial charge >= 0.3 is 16.5 Å². The Morgan fingerprint density at radius 3 is 1.93 bits per heavy atom. The van der Waals surface area contributed by atoms with Crippen LogP contribution >= 0.6 is 0 Å². The maximum absolute atomic E-state index is 10.2. The first-order valence-electron chi connectivity index (χ1n) is 3.26. The van der Waals surface area contributed by atoms with Crippen molar-refractivity contribution < 1.29 is 17.9 Å². The van der Waals surface area contributed by atoms with E-state index >= 15 is 0 Å². The van der Waals surface area contributed by atoms with Crippen molar-refractivity contribution in [3.8, 4) is 0 Å². The normalized spacial score (nSPS) is 8.00. The summed E-state index contributed by atoms with van der Waals surface area (Å²) in [7, 11) is -2.70. The van der Waals surface area contributed by atoms with Gasteiger partial charge in [0.1, 0.15) is 0 Å². The monoisotopic (exact) mass is 217 g/mol. The fourth-order valence-corrected chi connectivity index (χ4v) is 0.603. The fourth-order valence-electron chi connectivity index (χ4n) is 0.456. The van der Waals surface area contributed by atoms with Gasteiger partial charge in [-0.05, 0) is 0 Å². The number of nitrogens with two attached hydrogens (primary N) is 1. The zero-order chi connectivity index (χ0) is 11.0. The first kappa shape index (κ1) is 12.0. The molecular weight excluding hydrogens is 210 g/mol. The van der Waals surface area contributed by atoms with Gasteiger partial charge in [0, 0.05) is 12.1 Å². The zero-order valence-corrected chi connectivity index (χ0v) is 7.72. The molecule has 1 aromatic heterocycles. The summed E-state index contributed by atoms with van der Waals surface area (Å²) in [6.07, 6.45) is 2.89. The average molecular weight is 217 g/mol. The smallest absolute Gasteiger partial charge is 0.353 e. The molecule has 0 saturated heterocycles. The minimum absolute atomic E-state index is 0.750. The van der Waals surface area contributed by atoms with E-state index in [9.17, 15) is 18.4 Å². The van der Waals surface area contributed by atoms with E-state index in [0.717, 1.165) is 4.73 Å². The lowest BCUT2D eigenvalue weighted by molar-refractivity contribution is -0.605. The van der Waals surface area contributed by atoms with Gasteiger partial charge in [0.2, 0.25) is 0 Å². The summed E-state index contributed by atoms with van der Waals surface area (Å²) in [6.45, 7) is 0. The molecule has 2 amide bonds. The Kier molecular flexibility index (Phi) is 5.63. The molecule has 8 heteroatoms. The highest BCUT2D eigenvalue weighted by Gasteiger charge is 1.80. The predicted molar refractivity (Wildman–Crippen MR) is 46.3 cm³/mol. The lowest BCUT2D eigenvalue weighted by Gasteiger charge is -1.88. The SMILES string of the molecule is NC(=O)N=S(=O)=O.[O-][n+]1ccccc1. The number of amides is 2. The van der Waals surface area contributed by atoms with E-state index in [1.54, 1.807) is 18.2 Å². The highest BCUT2D eigenvalue weighted by Crippen LogP contribution is 1.72. The van der Waals surface area contributed by atoms with E-state index in [-0.39, 0.29) is 0 Å². The lowest BCUT2D eigenvalue weighted by Crippen LogP contribution is -2.22. The number of hydrogen-bond acceptors (Lipinski definition) is 4. The second-order valence-corrected chi connectivity index (χ2v) is 2.50. The Morgan fingerprint density at radius 2 is 1.79 bits per heavy atom. The van der Waals surface area contributed by atoms with Gasteiger partial charge in [0.15, 0.2) is 12.4 Å². The van der Waals surface area contributed by atoms with Crippen molar-refractivity contribution in [3.05, 3.63) is 35.8 Å². The number of nitrogens with zero attached hydrogens (tertiary/aromatic N) is 2. The van der Waals surface area contributed by atoms with E-state index in [1.807, 2.05) is 0 Å². The standard InChI is InChI=1S/C5H5NO.CH2N2O3S/c7-6-4-2-1-3-5-6;2-1(4)3-7(5)6/h1-5H;(H2,2,4). The van der Waals surface area contributed by atoms with Gasteiger partial charge < -0.3 is 10.9 Å². The van der Waals surface area contributed by atoms with E-state index < -0.39 is 16.5 Å². The van der Waals surface area contributed by atoms with Crippen LogP contribution in [0, 0.1) is 5.21 Å². The molecule has 76 valence electrons. The van der Waals surface area contributed by atoms with Crippen LogP contribution in [0.25, 0.3) is 0 Å². The third-order valence-corrected chi connectivity index (χ3v) is 1.18. The van der Waals surface area contributed by atoms with Crippen LogP contribution < -0.4 is 10.5 Å². The van der Waals surface area contributed by atoms with Crippen molar-refractivity contribution in [2.24, 2.45) is 10.1 Å². The summed E-state index contributed by atoms with van der Waals surface area (Å²) in [6, 6.07) is 3.97. The van der Waals surface area contributed by atoms with Crippen molar-refractivity contribution in [1.82, 2.24) is 0 Å². The summed E-state index contributed by atoms with van der Waals surface area (Å²) in [4.78, 5) is 9.47. The number of carbonyl (C=O) groups excluding carboxylic acids is 1. The number of aromatic nitrogens is 1. The first-order chi connectivity index (χ1) is 6.52. The van der Waals surface area contributed by atoms with Crippen LogP contribution in [0.3, 0.4) is 0 Å². The predicted octanol–water partition coefficient (Wildman–Crippen LogP) is -0.552. The van der Waals surface area contributed by atoms with Crippen LogP contribution in [0.5, 0.6) is 0 Å². The van der Waals surface area contributed by atoms with E-state index in [1.165, 1.54) is 12.4 Å². The number of urea groups is 1. The van der Waals surface area contributed by atoms with Gasteiger partial charge in [-0.3, -0.25) is 0 Å². The Morgan fingerprint density at radius 1 is 1.29 bits per heavy atom. The van der Waals surface area contributed by atoms with Crippen molar-refractivity contribution >= 4 is 16.5 Å². The molecule has 0 aliphatic carbocycles. The van der Waals surface area contributed by atoms with E-state index in [0.29, 0.717) is 0 Å². The topological polar surface area (TPSA) is 117 Å². The minimum Gasteiger partial charge on any atom is -0.619 e. The van der Waals surface area contributed by atoms with Crippen molar-refractivity contribution in [2.45, 2.75) is 0 Å². The molecule has 0 spiro atoms. The molecule has 0 bridgehead atoms. The maximum Gasteiger partial charge on any atom is 0.353 e. The first-order valence-corrected chi connectivity index (χ1v) is 4.30. The molecule has 14 heavy (non-hydrogen) atoms. The average Bonchev–Trinajstić information content (AvgIpc) is 2.03. The molecule has 1 heterocycles. The van der Waals surface area contributed by atoms with Gasteiger partial charge in [0.25, 0.3) is 0 Å². The highest BCUT2D eigenvalue weighted by atomic mass is 32.2. The molecule has 1 aromatic rings. The molecule has 0 radical (unpaired) electrons. The molecular formula is C6H7N3O4S. The molecule has 0 fully saturated rings. The number of primary amides is 1. The minimum atomic E-state index is -2.70. The third-order valence-electron chi connectivity index (χ3n) is 0.853. The molecule has 2 N–H and O–H groups in total. The van der Waals surface area contributed by atoms with Crippen molar-refractivity contribution in [2.75, 3.05) is 0 Å². The molecule has 7 nitrogen and oxygen atoms in total. The second-order valence-electron chi connectivity index (χ2n) is 1.88. The third kappa shape index (κ3) is 8.14.